The van der Waals surface area contributed by atoms with E-state index in [1.54, 1.807) is 12.1 Å². The number of nitrogens with zero attached hydrogens (tertiary/aromatic N) is 1. The number of rotatable bonds is 4. The maximum atomic E-state index is 11.8. The highest BCUT2D eigenvalue weighted by Crippen LogP contribution is 2.25. The molecule has 0 fully saturated rings. The minimum atomic E-state index is -0.955. The highest BCUT2D eigenvalue weighted by Gasteiger charge is 2.15. The lowest BCUT2D eigenvalue weighted by molar-refractivity contribution is 0.0912. The van der Waals surface area contributed by atoms with Gasteiger partial charge in [-0.05, 0) is 18.2 Å². The zero-order valence-corrected chi connectivity index (χ0v) is 12.2. The summed E-state index contributed by atoms with van der Waals surface area (Å²) in [6.07, 6.45) is 0.477. The lowest BCUT2D eigenvalue weighted by atomic mass is 10.1. The molecule has 0 aliphatic carbocycles. The first-order valence-corrected chi connectivity index (χ1v) is 6.76. The van der Waals surface area contributed by atoms with Crippen molar-refractivity contribution in [2.45, 2.75) is 6.10 Å². The van der Waals surface area contributed by atoms with Gasteiger partial charge in [0.25, 0.3) is 5.91 Å². The van der Waals surface area contributed by atoms with Crippen molar-refractivity contribution in [2.75, 3.05) is 6.54 Å². The Morgan fingerprint density at radius 3 is 2.81 bits per heavy atom. The number of carbonyl (C=O) groups excluding carboxylic acids is 1. The normalized spacial score (nSPS) is 11.7. The number of benzene rings is 1. The number of aromatic amines is 1. The van der Waals surface area contributed by atoms with Crippen molar-refractivity contribution in [3.05, 3.63) is 57.3 Å². The second-order valence-corrected chi connectivity index (χ2v) is 5.15. The van der Waals surface area contributed by atoms with E-state index in [2.05, 4.69) is 10.3 Å². The van der Waals surface area contributed by atoms with Crippen LogP contribution >= 0.6 is 23.2 Å². The Bertz CT molecular complexity index is 706. The molecule has 0 spiro atoms. The monoisotopic (exact) mass is 323 g/mol. The van der Waals surface area contributed by atoms with Crippen LogP contribution in [0, 0.1) is 11.3 Å². The fraction of sp³-hybridized carbons (Fsp3) is 0.143. The number of halogens is 2. The summed E-state index contributed by atoms with van der Waals surface area (Å²) in [5.74, 6) is -0.416. The molecule has 1 aromatic heterocycles. The zero-order valence-electron chi connectivity index (χ0n) is 10.7. The number of amides is 1. The minimum Gasteiger partial charge on any atom is -0.387 e. The summed E-state index contributed by atoms with van der Waals surface area (Å²) in [5.41, 5.74) is 1.09. The molecular weight excluding hydrogens is 313 g/mol. The Hall–Kier alpha value is -2.00. The molecule has 1 amide bonds. The number of H-pyrrole nitrogens is 1. The summed E-state index contributed by atoms with van der Waals surface area (Å²) in [7, 11) is 0. The Labute approximate surface area is 131 Å². The van der Waals surface area contributed by atoms with Crippen molar-refractivity contribution in [1.82, 2.24) is 10.3 Å². The number of aliphatic hydroxyl groups excluding tert-OH is 1. The lowest BCUT2D eigenvalue weighted by Crippen LogP contribution is -2.28. The molecule has 2 rings (SSSR count). The second kappa shape index (κ2) is 6.64. The number of carbonyl (C=O) groups is 1. The molecule has 2 aromatic rings. The molecule has 0 aliphatic rings. The first kappa shape index (κ1) is 15.4. The van der Waals surface area contributed by atoms with E-state index < -0.39 is 12.0 Å². The van der Waals surface area contributed by atoms with Gasteiger partial charge in [0.15, 0.2) is 0 Å². The predicted molar refractivity (Wildman–Crippen MR) is 79.3 cm³/mol. The summed E-state index contributed by atoms with van der Waals surface area (Å²) >= 11 is 11.8. The summed E-state index contributed by atoms with van der Waals surface area (Å²) < 4.78 is 0. The van der Waals surface area contributed by atoms with Gasteiger partial charge in [-0.25, -0.2) is 0 Å². The van der Waals surface area contributed by atoms with Crippen LogP contribution in [0.2, 0.25) is 10.0 Å². The molecule has 1 heterocycles. The van der Waals surface area contributed by atoms with E-state index in [1.165, 1.54) is 18.3 Å². The van der Waals surface area contributed by atoms with Gasteiger partial charge in [0.2, 0.25) is 0 Å². The topological polar surface area (TPSA) is 88.9 Å². The zero-order chi connectivity index (χ0) is 15.4. The molecule has 0 saturated carbocycles. The van der Waals surface area contributed by atoms with Gasteiger partial charge >= 0.3 is 0 Å². The minimum absolute atomic E-state index is 0.0128. The van der Waals surface area contributed by atoms with Crippen LogP contribution < -0.4 is 5.32 Å². The van der Waals surface area contributed by atoms with Crippen LogP contribution in [-0.2, 0) is 0 Å². The standard InChI is InChI=1S/C14H11Cl2N3O2/c15-9-1-2-10(11(16)4-9)13(20)7-19-14(21)12-3-8(5-17)6-18-12/h1-4,6,13,18,20H,7H2,(H,19,21). The van der Waals surface area contributed by atoms with Gasteiger partial charge < -0.3 is 15.4 Å². The van der Waals surface area contributed by atoms with Gasteiger partial charge in [-0.1, -0.05) is 29.3 Å². The largest absolute Gasteiger partial charge is 0.387 e. The molecule has 0 saturated heterocycles. The molecule has 3 N–H and O–H groups in total. The number of hydrogen-bond acceptors (Lipinski definition) is 3. The molecule has 1 aromatic carbocycles. The Balaban J connectivity index is 1.99. The van der Waals surface area contributed by atoms with E-state index in [-0.39, 0.29) is 12.2 Å². The Morgan fingerprint density at radius 2 is 2.19 bits per heavy atom. The molecule has 0 radical (unpaired) electrons. The van der Waals surface area contributed by atoms with Crippen molar-refractivity contribution in [2.24, 2.45) is 0 Å². The average Bonchev–Trinajstić information content (AvgIpc) is 2.93. The fourth-order valence-electron chi connectivity index (χ4n) is 1.76. The molecule has 1 unspecified atom stereocenters. The van der Waals surface area contributed by atoms with E-state index >= 15 is 0 Å². The van der Waals surface area contributed by atoms with Gasteiger partial charge in [-0.2, -0.15) is 5.26 Å². The van der Waals surface area contributed by atoms with Crippen LogP contribution in [0.1, 0.15) is 27.7 Å². The van der Waals surface area contributed by atoms with Crippen molar-refractivity contribution >= 4 is 29.1 Å². The second-order valence-electron chi connectivity index (χ2n) is 4.31. The maximum Gasteiger partial charge on any atom is 0.267 e. The molecular formula is C14H11Cl2N3O2. The van der Waals surface area contributed by atoms with Crippen LogP contribution in [0.25, 0.3) is 0 Å². The fourth-order valence-corrected chi connectivity index (χ4v) is 2.29. The van der Waals surface area contributed by atoms with Crippen molar-refractivity contribution in [1.29, 1.82) is 5.26 Å². The van der Waals surface area contributed by atoms with Gasteiger partial charge in [0, 0.05) is 28.4 Å². The molecule has 5 nitrogen and oxygen atoms in total. The summed E-state index contributed by atoms with van der Waals surface area (Å²) in [6.45, 7) is -0.0128. The highest BCUT2D eigenvalue weighted by atomic mass is 35.5. The molecule has 21 heavy (non-hydrogen) atoms. The number of aliphatic hydroxyl groups is 1. The quantitative estimate of drug-likeness (QED) is 0.808. The van der Waals surface area contributed by atoms with Gasteiger partial charge in [0.1, 0.15) is 11.8 Å². The third-order valence-corrected chi connectivity index (χ3v) is 3.40. The third kappa shape index (κ3) is 3.76. The van der Waals surface area contributed by atoms with Crippen molar-refractivity contribution in [3.63, 3.8) is 0 Å². The first-order valence-electron chi connectivity index (χ1n) is 6.01. The van der Waals surface area contributed by atoms with Crippen LogP contribution in [0.5, 0.6) is 0 Å². The van der Waals surface area contributed by atoms with Crippen LogP contribution in [0.15, 0.2) is 30.5 Å². The number of nitrogens with one attached hydrogen (secondary N) is 2. The smallest absolute Gasteiger partial charge is 0.267 e. The maximum absolute atomic E-state index is 11.8. The molecule has 108 valence electrons. The molecule has 1 atom stereocenters. The van der Waals surface area contributed by atoms with E-state index in [4.69, 9.17) is 28.5 Å². The van der Waals surface area contributed by atoms with E-state index in [9.17, 15) is 9.90 Å². The number of nitriles is 1. The molecule has 7 heteroatoms. The van der Waals surface area contributed by atoms with Crippen molar-refractivity contribution < 1.29 is 9.90 Å². The Morgan fingerprint density at radius 1 is 1.43 bits per heavy atom. The lowest BCUT2D eigenvalue weighted by Gasteiger charge is -2.13. The average molecular weight is 324 g/mol. The van der Waals surface area contributed by atoms with E-state index in [1.807, 2.05) is 6.07 Å². The first-order chi connectivity index (χ1) is 10.0. The van der Waals surface area contributed by atoms with Crippen LogP contribution in [-0.4, -0.2) is 22.5 Å². The van der Waals surface area contributed by atoms with E-state index in [0.29, 0.717) is 21.2 Å². The number of aromatic nitrogens is 1. The highest BCUT2D eigenvalue weighted by molar-refractivity contribution is 6.35. The van der Waals surface area contributed by atoms with Gasteiger partial charge in [0.05, 0.1) is 11.7 Å². The summed E-state index contributed by atoms with van der Waals surface area (Å²) in [4.78, 5) is 14.5. The van der Waals surface area contributed by atoms with Crippen LogP contribution in [0.4, 0.5) is 0 Å². The van der Waals surface area contributed by atoms with Gasteiger partial charge in [-0.15, -0.1) is 0 Å². The van der Waals surface area contributed by atoms with Crippen molar-refractivity contribution in [3.8, 4) is 6.07 Å². The number of hydrogen-bond donors (Lipinski definition) is 3. The third-order valence-electron chi connectivity index (χ3n) is 2.83. The summed E-state index contributed by atoms with van der Waals surface area (Å²) in [6, 6.07) is 8.07. The van der Waals surface area contributed by atoms with Crippen LogP contribution in [0.3, 0.4) is 0 Å². The SMILES string of the molecule is N#Cc1c[nH]c(C(=O)NCC(O)c2ccc(Cl)cc2Cl)c1. The predicted octanol–water partition coefficient (Wildman–Crippen LogP) is 2.66. The van der Waals surface area contributed by atoms with E-state index in [0.717, 1.165) is 0 Å². The van der Waals surface area contributed by atoms with Gasteiger partial charge in [-0.3, -0.25) is 4.79 Å². The summed E-state index contributed by atoms with van der Waals surface area (Å²) in [5, 5.41) is 22.1. The molecule has 0 bridgehead atoms. The Kier molecular flexibility index (Phi) is 4.86. The molecule has 0 aliphatic heterocycles.